The smallest absolute Gasteiger partial charge is 0.128 e. The molecule has 1 fully saturated rings. The molecule has 1 saturated heterocycles. The Morgan fingerprint density at radius 1 is 1.47 bits per heavy atom. The lowest BCUT2D eigenvalue weighted by Gasteiger charge is -2.33. The van der Waals surface area contributed by atoms with Crippen LogP contribution in [0.4, 0.5) is 5.82 Å². The van der Waals surface area contributed by atoms with Crippen molar-refractivity contribution in [1.82, 2.24) is 10.3 Å². The second kappa shape index (κ2) is 7.46. The summed E-state index contributed by atoms with van der Waals surface area (Å²) in [4.78, 5) is 7.14. The summed E-state index contributed by atoms with van der Waals surface area (Å²) >= 11 is 0. The number of ether oxygens (including phenoxy) is 1. The fourth-order valence-corrected chi connectivity index (χ4v) is 2.64. The average Bonchev–Trinajstić information content (AvgIpc) is 2.46. The van der Waals surface area contributed by atoms with Crippen molar-refractivity contribution in [2.75, 3.05) is 38.3 Å². The third kappa shape index (κ3) is 4.18. The van der Waals surface area contributed by atoms with E-state index in [0.29, 0.717) is 5.92 Å². The Balaban J connectivity index is 1.99. The number of hydrogen-bond acceptors (Lipinski definition) is 4. The highest BCUT2D eigenvalue weighted by Crippen LogP contribution is 2.22. The van der Waals surface area contributed by atoms with E-state index in [2.05, 4.69) is 35.3 Å². The van der Waals surface area contributed by atoms with Gasteiger partial charge in [-0.2, -0.15) is 0 Å². The Labute approximate surface area is 116 Å². The predicted molar refractivity (Wildman–Crippen MR) is 78.4 cm³/mol. The number of nitrogens with one attached hydrogen (secondary N) is 1. The Morgan fingerprint density at radius 3 is 3.16 bits per heavy atom. The molecule has 0 saturated carbocycles. The molecule has 1 N–H and O–H groups in total. The summed E-state index contributed by atoms with van der Waals surface area (Å²) in [6.07, 6.45) is 2.49. The zero-order chi connectivity index (χ0) is 13.5. The van der Waals surface area contributed by atoms with E-state index in [0.717, 1.165) is 44.3 Å². The Kier molecular flexibility index (Phi) is 5.61. The lowest BCUT2D eigenvalue weighted by atomic mass is 9.99. The monoisotopic (exact) mass is 263 g/mol. The normalized spacial score (nSPS) is 19.7. The van der Waals surface area contributed by atoms with Crippen LogP contribution in [-0.4, -0.2) is 38.3 Å². The van der Waals surface area contributed by atoms with Crippen LogP contribution in [0.25, 0.3) is 0 Å². The molecule has 1 aromatic heterocycles. The highest BCUT2D eigenvalue weighted by atomic mass is 16.5. The first-order valence-corrected chi connectivity index (χ1v) is 7.24. The highest BCUT2D eigenvalue weighted by molar-refractivity contribution is 5.39. The van der Waals surface area contributed by atoms with E-state index in [1.807, 2.05) is 0 Å². The second-order valence-electron chi connectivity index (χ2n) is 5.18. The minimum Gasteiger partial charge on any atom is -0.384 e. The van der Waals surface area contributed by atoms with Gasteiger partial charge in [0.1, 0.15) is 5.82 Å². The summed E-state index contributed by atoms with van der Waals surface area (Å²) in [6.45, 7) is 6.96. The molecule has 0 spiro atoms. The van der Waals surface area contributed by atoms with E-state index >= 15 is 0 Å². The quantitative estimate of drug-likeness (QED) is 0.852. The first-order chi connectivity index (χ1) is 9.33. The number of rotatable bonds is 6. The van der Waals surface area contributed by atoms with E-state index in [1.165, 1.54) is 12.8 Å². The maximum absolute atomic E-state index is 5.29. The third-order valence-electron chi connectivity index (χ3n) is 3.59. The van der Waals surface area contributed by atoms with Crippen molar-refractivity contribution in [1.29, 1.82) is 0 Å². The molecule has 1 aliphatic heterocycles. The SMILES string of the molecule is CCNCc1cccc(N2CCCC(COC)C2)n1. The summed E-state index contributed by atoms with van der Waals surface area (Å²) in [5, 5.41) is 3.32. The van der Waals surface area contributed by atoms with Crippen molar-refractivity contribution in [3.8, 4) is 0 Å². The first kappa shape index (κ1) is 14.3. The molecule has 1 atom stereocenters. The molecule has 4 nitrogen and oxygen atoms in total. The van der Waals surface area contributed by atoms with Gasteiger partial charge in [0.25, 0.3) is 0 Å². The number of anilines is 1. The molecular weight excluding hydrogens is 238 g/mol. The van der Waals surface area contributed by atoms with Gasteiger partial charge in [0.2, 0.25) is 0 Å². The van der Waals surface area contributed by atoms with Gasteiger partial charge >= 0.3 is 0 Å². The van der Waals surface area contributed by atoms with Crippen LogP contribution in [0.15, 0.2) is 18.2 Å². The molecule has 2 heterocycles. The number of hydrogen-bond donors (Lipinski definition) is 1. The minimum absolute atomic E-state index is 0.637. The Bertz CT molecular complexity index is 381. The zero-order valence-corrected chi connectivity index (χ0v) is 12.1. The summed E-state index contributed by atoms with van der Waals surface area (Å²) in [7, 11) is 1.79. The zero-order valence-electron chi connectivity index (χ0n) is 12.1. The maximum atomic E-state index is 5.29. The van der Waals surface area contributed by atoms with Gasteiger partial charge < -0.3 is 15.0 Å². The van der Waals surface area contributed by atoms with Crippen molar-refractivity contribution in [2.45, 2.75) is 26.3 Å². The van der Waals surface area contributed by atoms with Gasteiger partial charge in [-0.05, 0) is 37.4 Å². The van der Waals surface area contributed by atoms with Crippen LogP contribution in [0.2, 0.25) is 0 Å². The molecular formula is C15H25N3O. The van der Waals surface area contributed by atoms with Gasteiger partial charge in [0, 0.05) is 26.7 Å². The fourth-order valence-electron chi connectivity index (χ4n) is 2.64. The highest BCUT2D eigenvalue weighted by Gasteiger charge is 2.20. The molecule has 2 rings (SSSR count). The maximum Gasteiger partial charge on any atom is 0.128 e. The number of methoxy groups -OCH3 is 1. The van der Waals surface area contributed by atoms with Crippen molar-refractivity contribution >= 4 is 5.82 Å². The van der Waals surface area contributed by atoms with Crippen molar-refractivity contribution in [3.63, 3.8) is 0 Å². The minimum atomic E-state index is 0.637. The second-order valence-corrected chi connectivity index (χ2v) is 5.18. The fraction of sp³-hybridized carbons (Fsp3) is 0.667. The van der Waals surface area contributed by atoms with Gasteiger partial charge in [0.15, 0.2) is 0 Å². The summed E-state index contributed by atoms with van der Waals surface area (Å²) in [5.41, 5.74) is 1.12. The lowest BCUT2D eigenvalue weighted by molar-refractivity contribution is 0.143. The summed E-state index contributed by atoms with van der Waals surface area (Å²) < 4.78 is 5.29. The molecule has 0 aliphatic carbocycles. The number of nitrogens with zero attached hydrogens (tertiary/aromatic N) is 2. The summed E-state index contributed by atoms with van der Waals surface area (Å²) in [5.74, 6) is 1.74. The molecule has 0 amide bonds. The number of aromatic nitrogens is 1. The Morgan fingerprint density at radius 2 is 2.37 bits per heavy atom. The van der Waals surface area contributed by atoms with Crippen LogP contribution in [0.1, 0.15) is 25.5 Å². The standard InChI is InChI=1S/C15H25N3O/c1-3-16-10-14-7-4-8-15(17-14)18-9-5-6-13(11-18)12-19-2/h4,7-8,13,16H,3,5-6,9-12H2,1-2H3. The molecule has 1 aromatic rings. The van der Waals surface area contributed by atoms with Gasteiger partial charge in [-0.1, -0.05) is 13.0 Å². The van der Waals surface area contributed by atoms with Crippen molar-refractivity contribution in [2.24, 2.45) is 5.92 Å². The molecule has 0 aromatic carbocycles. The van der Waals surface area contributed by atoms with Crippen molar-refractivity contribution < 1.29 is 4.74 Å². The topological polar surface area (TPSA) is 37.4 Å². The molecule has 106 valence electrons. The number of pyridine rings is 1. The molecule has 0 bridgehead atoms. The average molecular weight is 263 g/mol. The van der Waals surface area contributed by atoms with Gasteiger partial charge in [-0.3, -0.25) is 0 Å². The van der Waals surface area contributed by atoms with E-state index in [9.17, 15) is 0 Å². The largest absolute Gasteiger partial charge is 0.384 e. The lowest BCUT2D eigenvalue weighted by Crippen LogP contribution is -2.37. The van der Waals surface area contributed by atoms with Gasteiger partial charge in [0.05, 0.1) is 12.3 Å². The predicted octanol–water partition coefficient (Wildman–Crippen LogP) is 2.05. The Hall–Kier alpha value is -1.13. The van der Waals surface area contributed by atoms with Gasteiger partial charge in [-0.25, -0.2) is 4.98 Å². The van der Waals surface area contributed by atoms with E-state index in [4.69, 9.17) is 9.72 Å². The van der Waals surface area contributed by atoms with E-state index in [1.54, 1.807) is 7.11 Å². The first-order valence-electron chi connectivity index (χ1n) is 7.24. The summed E-state index contributed by atoms with van der Waals surface area (Å²) in [6, 6.07) is 6.31. The van der Waals surface area contributed by atoms with Crippen LogP contribution in [0.5, 0.6) is 0 Å². The van der Waals surface area contributed by atoms with Gasteiger partial charge in [-0.15, -0.1) is 0 Å². The van der Waals surface area contributed by atoms with E-state index < -0.39 is 0 Å². The van der Waals surface area contributed by atoms with Crippen LogP contribution >= 0.6 is 0 Å². The van der Waals surface area contributed by atoms with E-state index in [-0.39, 0.29) is 0 Å². The van der Waals surface area contributed by atoms with Crippen molar-refractivity contribution in [3.05, 3.63) is 23.9 Å². The van der Waals surface area contributed by atoms with Crippen LogP contribution in [0, 0.1) is 5.92 Å². The molecule has 4 heteroatoms. The van der Waals surface area contributed by atoms with Crippen LogP contribution in [-0.2, 0) is 11.3 Å². The third-order valence-corrected chi connectivity index (χ3v) is 3.59. The number of piperidine rings is 1. The molecule has 0 radical (unpaired) electrons. The van der Waals surface area contributed by atoms with Crippen LogP contribution < -0.4 is 10.2 Å². The molecule has 1 aliphatic rings. The molecule has 19 heavy (non-hydrogen) atoms. The van der Waals surface area contributed by atoms with Crippen LogP contribution in [0.3, 0.4) is 0 Å². The molecule has 1 unspecified atom stereocenters.